The Balaban J connectivity index is 0.000000277. The monoisotopic (exact) mass is 1870 g/mol. The molecule has 28 heteroatoms. The SMILES string of the molecule is C.COC(=O)C[C@H](C(=O)N1CCC[C@H]1C(=O)Cc1ccc([C@@H]2CC[C@@H](c3ccc(CC(=O)[C@@H]4CCCN4C(=O)[C@H](CC(=O)OC)C(C)(C)C)cc3)N2c2ccc(C(F)(F)F)cc2)cc1)C(C)(C)C.COC(=O)C[C@H](C(=O)N1CCC[C@H]1C(=O)Cc1ccc([C@H]2CC[C@H](c3ccc(CC(=O)[C@@H]4CCCN4C(=O)[C@H](CC(=O)OC)C(C)(C)C)cc3)N2c2ccc(C(F)(F)F)cc2)cc1)C(C)(C)C. The van der Waals surface area contributed by atoms with Gasteiger partial charge in [0.25, 0.3) is 0 Å². The number of ether oxygens (including phenoxy) is 4. The Bertz CT molecular complexity index is 4590. The number of alkyl halides is 6. The van der Waals surface area contributed by atoms with Gasteiger partial charge in [0, 0.05) is 63.2 Å². The summed E-state index contributed by atoms with van der Waals surface area (Å²) < 4.78 is 102. The van der Waals surface area contributed by atoms with Crippen LogP contribution in [0.25, 0.3) is 0 Å². The molecule has 12 rings (SSSR count). The fourth-order valence-electron chi connectivity index (χ4n) is 20.3. The zero-order valence-corrected chi connectivity index (χ0v) is 80.2. The van der Waals surface area contributed by atoms with Crippen LogP contribution in [0.4, 0.5) is 37.7 Å². The number of nitrogens with zero attached hydrogens (tertiary/aromatic N) is 6. The van der Waals surface area contributed by atoms with Crippen LogP contribution in [0, 0.1) is 45.3 Å². The third-order valence-corrected chi connectivity index (χ3v) is 28.1. The zero-order chi connectivity index (χ0) is 98.0. The number of hydrogen-bond donors (Lipinski definition) is 0. The zero-order valence-electron chi connectivity index (χ0n) is 80.2. The van der Waals surface area contributed by atoms with Gasteiger partial charge in [0.05, 0.1) is 137 Å². The first kappa shape index (κ1) is 106. The number of anilines is 2. The minimum absolute atomic E-state index is 0. The number of amides is 4. The Morgan fingerprint density at radius 1 is 0.289 bits per heavy atom. The highest BCUT2D eigenvalue weighted by molar-refractivity contribution is 5.96. The van der Waals surface area contributed by atoms with Crippen molar-refractivity contribution in [3.63, 3.8) is 0 Å². The van der Waals surface area contributed by atoms with E-state index in [9.17, 15) is 83.9 Å². The Hall–Kier alpha value is -11.1. The van der Waals surface area contributed by atoms with Crippen LogP contribution in [0.2, 0.25) is 0 Å². The Morgan fingerprint density at radius 2 is 0.474 bits per heavy atom. The van der Waals surface area contributed by atoms with Gasteiger partial charge in [-0.2, -0.15) is 26.3 Å². The summed E-state index contributed by atoms with van der Waals surface area (Å²) in [6.45, 7) is 24.5. The molecule has 0 unspecified atom stereocenters. The summed E-state index contributed by atoms with van der Waals surface area (Å²) in [6, 6.07) is 38.0. The van der Waals surface area contributed by atoms with E-state index < -0.39 is 117 Å². The predicted octanol–water partition coefficient (Wildman–Crippen LogP) is 19.5. The number of halogens is 6. The Kier molecular flexibility index (Phi) is 34.9. The number of carbonyl (C=O) groups is 12. The molecule has 6 aromatic carbocycles. The van der Waals surface area contributed by atoms with Crippen molar-refractivity contribution in [3.8, 4) is 0 Å². The first-order chi connectivity index (χ1) is 63.0. The van der Waals surface area contributed by atoms with E-state index in [2.05, 4.69) is 9.80 Å². The smallest absolute Gasteiger partial charge is 0.416 e. The number of benzene rings is 6. The van der Waals surface area contributed by atoms with E-state index in [1.807, 2.05) is 180 Å². The average molecular weight is 1880 g/mol. The summed E-state index contributed by atoms with van der Waals surface area (Å²) >= 11 is 0. The second kappa shape index (κ2) is 44.4. The van der Waals surface area contributed by atoms with E-state index in [4.69, 9.17) is 18.9 Å². The summed E-state index contributed by atoms with van der Waals surface area (Å²) in [6.07, 6.45) is -1.17. The molecule has 0 aliphatic carbocycles. The topological polar surface area (TPSA) is 261 Å². The molecule has 6 saturated heterocycles. The molecule has 0 saturated carbocycles. The van der Waals surface area contributed by atoms with Gasteiger partial charge in [0.1, 0.15) is 0 Å². The van der Waals surface area contributed by atoms with Crippen molar-refractivity contribution in [2.24, 2.45) is 45.3 Å². The van der Waals surface area contributed by atoms with Gasteiger partial charge in [-0.15, -0.1) is 0 Å². The second-order valence-electron chi connectivity index (χ2n) is 41.2. The molecule has 0 N–H and O–H groups in total. The highest BCUT2D eigenvalue weighted by Gasteiger charge is 2.49. The van der Waals surface area contributed by atoms with Crippen molar-refractivity contribution in [1.29, 1.82) is 0 Å². The first-order valence-corrected chi connectivity index (χ1v) is 46.9. The summed E-state index contributed by atoms with van der Waals surface area (Å²) in [5.74, 6) is -5.69. The molecule has 6 fully saturated rings. The van der Waals surface area contributed by atoms with Gasteiger partial charge in [-0.1, -0.05) is 188 Å². The maximum absolute atomic E-state index is 13.8. The van der Waals surface area contributed by atoms with Gasteiger partial charge in [-0.25, -0.2) is 0 Å². The lowest BCUT2D eigenvalue weighted by Gasteiger charge is -2.34. The van der Waals surface area contributed by atoms with E-state index in [0.29, 0.717) is 115 Å². The second-order valence-corrected chi connectivity index (χ2v) is 41.2. The highest BCUT2D eigenvalue weighted by Crippen LogP contribution is 2.51. The number of rotatable bonds is 30. The van der Waals surface area contributed by atoms with Crippen molar-refractivity contribution < 1.29 is 103 Å². The Labute approximate surface area is 791 Å². The van der Waals surface area contributed by atoms with Gasteiger partial charge in [-0.05, 0) is 192 Å². The van der Waals surface area contributed by atoms with Crippen LogP contribution >= 0.6 is 0 Å². The summed E-state index contributed by atoms with van der Waals surface area (Å²) in [7, 11) is 5.17. The van der Waals surface area contributed by atoms with Crippen molar-refractivity contribution in [3.05, 3.63) is 201 Å². The third-order valence-electron chi connectivity index (χ3n) is 28.1. The lowest BCUT2D eigenvalue weighted by molar-refractivity contribution is -0.151. The lowest BCUT2D eigenvalue weighted by Crippen LogP contribution is -2.47. The van der Waals surface area contributed by atoms with Gasteiger partial charge in [-0.3, -0.25) is 57.5 Å². The standard InChI is InChI=1S/2C53H66F3N3O8.CH4/c2*1-51(2,3)39(31-47(62)66-7)49(64)57-27-9-11-43(57)45(60)29-33-13-17-35(18-14-33)41-25-26-42(59(41)38-23-21-37(22-24-38)53(54,55)56)36-19-15-34(16-20-36)30-46(61)44-12-10-28-58(44)50(65)40(52(4,5)6)32-48(63)67-8;/h2*13-24,39-44H,9-12,25-32H2,1-8H3;1H4/t39-,40+,41-,42-,43+,44+;39-,40+,41-,42-,43-,44-;/m10./s1. The van der Waals surface area contributed by atoms with Crippen molar-refractivity contribution in [2.45, 2.75) is 280 Å². The highest BCUT2D eigenvalue weighted by atomic mass is 19.4. The quantitative estimate of drug-likeness (QED) is 0.0230. The summed E-state index contributed by atoms with van der Waals surface area (Å²) in [5, 5.41) is 0. The van der Waals surface area contributed by atoms with Crippen LogP contribution in [-0.2, 0) is 115 Å². The number of hydrogen-bond acceptors (Lipinski definition) is 18. The number of Topliss-reactive ketones (excluding diaryl/α,β-unsaturated/α-hetero) is 4. The van der Waals surface area contributed by atoms with Crippen molar-refractivity contribution in [2.75, 3.05) is 64.4 Å². The molecule has 22 nitrogen and oxygen atoms in total. The normalized spacial score (nSPS) is 20.8. The molecule has 0 bridgehead atoms. The van der Waals surface area contributed by atoms with Crippen LogP contribution in [0.15, 0.2) is 146 Å². The van der Waals surface area contributed by atoms with E-state index in [0.717, 1.165) is 68.8 Å². The average Bonchev–Trinajstić information content (AvgIpc) is 1.64. The largest absolute Gasteiger partial charge is 0.469 e. The molecule has 6 heterocycles. The van der Waals surface area contributed by atoms with Gasteiger partial charge in [0.15, 0.2) is 23.1 Å². The molecule has 0 spiro atoms. The van der Waals surface area contributed by atoms with E-state index in [-0.39, 0.29) is 130 Å². The van der Waals surface area contributed by atoms with Crippen LogP contribution in [-0.4, -0.2) is 169 Å². The molecule has 0 radical (unpaired) electrons. The lowest BCUT2D eigenvalue weighted by atomic mass is 9.77. The minimum Gasteiger partial charge on any atom is -0.469 e. The molecule has 0 aromatic heterocycles. The summed E-state index contributed by atoms with van der Waals surface area (Å²) in [4.78, 5) is 170. The van der Waals surface area contributed by atoms with Gasteiger partial charge >= 0.3 is 36.2 Å². The van der Waals surface area contributed by atoms with Gasteiger partial charge in [0.2, 0.25) is 23.6 Å². The van der Waals surface area contributed by atoms with Crippen LogP contribution in [0.3, 0.4) is 0 Å². The molecular weight excluding hydrogens is 1740 g/mol. The fraction of sp³-hybridized carbons (Fsp3) is 0.551. The minimum atomic E-state index is -4.50. The molecule has 12 atom stereocenters. The third kappa shape index (κ3) is 26.0. The fourth-order valence-corrected chi connectivity index (χ4v) is 20.3. The predicted molar refractivity (Wildman–Crippen MR) is 502 cm³/mol. The molecular formula is C107H136F6N6O16. The summed E-state index contributed by atoms with van der Waals surface area (Å²) in [5.41, 5.74) is 4.50. The molecule has 6 aromatic rings. The molecule has 732 valence electrons. The maximum Gasteiger partial charge on any atom is 0.416 e. The number of methoxy groups -OCH3 is 4. The van der Waals surface area contributed by atoms with E-state index in [1.54, 1.807) is 19.6 Å². The maximum atomic E-state index is 13.8. The van der Waals surface area contributed by atoms with Crippen molar-refractivity contribution >= 4 is 82.0 Å². The van der Waals surface area contributed by atoms with Crippen LogP contribution in [0.1, 0.15) is 273 Å². The number of esters is 4. The van der Waals surface area contributed by atoms with Crippen LogP contribution < -0.4 is 9.80 Å². The number of ketones is 4. The number of carbonyl (C=O) groups excluding carboxylic acids is 12. The van der Waals surface area contributed by atoms with E-state index in [1.165, 1.54) is 52.7 Å². The number of likely N-dealkylation sites (tertiary alicyclic amines) is 4. The van der Waals surface area contributed by atoms with Crippen molar-refractivity contribution in [1.82, 2.24) is 19.6 Å². The first-order valence-electron chi connectivity index (χ1n) is 46.9. The van der Waals surface area contributed by atoms with E-state index >= 15 is 0 Å². The van der Waals surface area contributed by atoms with Crippen LogP contribution in [0.5, 0.6) is 0 Å². The molecule has 6 aliphatic rings. The Morgan fingerprint density at radius 3 is 0.637 bits per heavy atom. The molecule has 6 aliphatic heterocycles. The molecule has 135 heavy (non-hydrogen) atoms. The van der Waals surface area contributed by atoms with Gasteiger partial charge < -0.3 is 48.3 Å². The molecule has 4 amide bonds.